The molecule has 27 heavy (non-hydrogen) atoms. The molecular formula is C20H20N4O3. The van der Waals surface area contributed by atoms with Crippen LogP contribution in [0.15, 0.2) is 60.9 Å². The van der Waals surface area contributed by atoms with E-state index in [1.165, 1.54) is 14.0 Å². The highest BCUT2D eigenvalue weighted by Gasteiger charge is 2.11. The van der Waals surface area contributed by atoms with E-state index in [4.69, 9.17) is 4.74 Å². The van der Waals surface area contributed by atoms with Gasteiger partial charge in [-0.3, -0.25) is 14.3 Å². The number of rotatable bonds is 6. The number of methoxy groups -OCH3 is 1. The van der Waals surface area contributed by atoms with Gasteiger partial charge in [-0.15, -0.1) is 0 Å². The van der Waals surface area contributed by atoms with Crippen LogP contribution in [-0.4, -0.2) is 28.7 Å². The standard InChI is InChI=1S/C20H20N4O3/c1-14(25)22-17-8-9-19(27-2)18(12-17)23-20(26)16-6-4-15(5-7-16)13-24-11-3-10-21-24/h3-12H,13H2,1-2H3,(H,22,25)(H,23,26). The molecule has 3 rings (SSSR count). The molecule has 1 aromatic heterocycles. The lowest BCUT2D eigenvalue weighted by Gasteiger charge is -2.12. The number of hydrogen-bond acceptors (Lipinski definition) is 4. The van der Waals surface area contributed by atoms with Crippen molar-refractivity contribution in [2.45, 2.75) is 13.5 Å². The fraction of sp³-hybridized carbons (Fsp3) is 0.150. The number of carbonyl (C=O) groups excluding carboxylic acids is 2. The molecule has 0 atom stereocenters. The molecule has 138 valence electrons. The van der Waals surface area contributed by atoms with E-state index in [1.807, 2.05) is 29.1 Å². The zero-order valence-corrected chi connectivity index (χ0v) is 15.1. The third kappa shape index (κ3) is 4.72. The summed E-state index contributed by atoms with van der Waals surface area (Å²) in [6, 6.07) is 14.2. The molecule has 0 unspecified atom stereocenters. The molecule has 0 aliphatic heterocycles. The maximum Gasteiger partial charge on any atom is 0.255 e. The SMILES string of the molecule is COc1ccc(NC(C)=O)cc1NC(=O)c1ccc(Cn2cccn2)cc1. The Hall–Kier alpha value is -3.61. The monoisotopic (exact) mass is 364 g/mol. The summed E-state index contributed by atoms with van der Waals surface area (Å²) in [5.74, 6) is 0.0527. The molecule has 0 spiro atoms. The molecule has 0 saturated carbocycles. The van der Waals surface area contributed by atoms with Crippen molar-refractivity contribution in [1.82, 2.24) is 9.78 Å². The largest absolute Gasteiger partial charge is 0.495 e. The second-order valence-corrected chi connectivity index (χ2v) is 5.95. The van der Waals surface area contributed by atoms with E-state index < -0.39 is 0 Å². The highest BCUT2D eigenvalue weighted by atomic mass is 16.5. The van der Waals surface area contributed by atoms with Gasteiger partial charge in [0, 0.05) is 30.6 Å². The summed E-state index contributed by atoms with van der Waals surface area (Å²) in [7, 11) is 1.52. The van der Waals surface area contributed by atoms with Gasteiger partial charge in [0.05, 0.1) is 19.3 Å². The average Bonchev–Trinajstić information content (AvgIpc) is 3.15. The van der Waals surface area contributed by atoms with E-state index in [2.05, 4.69) is 15.7 Å². The molecule has 0 saturated heterocycles. The van der Waals surface area contributed by atoms with Gasteiger partial charge in [0.2, 0.25) is 5.91 Å². The van der Waals surface area contributed by atoms with E-state index in [0.29, 0.717) is 29.2 Å². The first-order valence-electron chi connectivity index (χ1n) is 8.38. The van der Waals surface area contributed by atoms with Crippen molar-refractivity contribution in [2.75, 3.05) is 17.7 Å². The topological polar surface area (TPSA) is 85.3 Å². The van der Waals surface area contributed by atoms with Gasteiger partial charge in [0.25, 0.3) is 5.91 Å². The third-order valence-electron chi connectivity index (χ3n) is 3.89. The number of aromatic nitrogens is 2. The molecule has 0 bridgehead atoms. The molecule has 7 heteroatoms. The first-order valence-corrected chi connectivity index (χ1v) is 8.38. The summed E-state index contributed by atoms with van der Waals surface area (Å²) in [6.07, 6.45) is 3.61. The summed E-state index contributed by atoms with van der Waals surface area (Å²) in [5.41, 5.74) is 2.62. The zero-order chi connectivity index (χ0) is 19.2. The Kier molecular flexibility index (Phi) is 5.51. The normalized spacial score (nSPS) is 10.3. The van der Waals surface area contributed by atoms with Crippen LogP contribution in [0, 0.1) is 0 Å². The van der Waals surface area contributed by atoms with Gasteiger partial charge in [0.1, 0.15) is 5.75 Å². The Morgan fingerprint density at radius 2 is 1.89 bits per heavy atom. The number of anilines is 2. The van der Waals surface area contributed by atoms with Gasteiger partial charge >= 0.3 is 0 Å². The van der Waals surface area contributed by atoms with Crippen LogP contribution in [0.25, 0.3) is 0 Å². The highest BCUT2D eigenvalue weighted by Crippen LogP contribution is 2.28. The predicted molar refractivity (Wildman–Crippen MR) is 103 cm³/mol. The van der Waals surface area contributed by atoms with Crippen molar-refractivity contribution >= 4 is 23.2 Å². The van der Waals surface area contributed by atoms with Crippen LogP contribution in [0.3, 0.4) is 0 Å². The van der Waals surface area contributed by atoms with Crippen LogP contribution >= 0.6 is 0 Å². The summed E-state index contributed by atoms with van der Waals surface area (Å²) < 4.78 is 7.10. The number of carbonyl (C=O) groups is 2. The van der Waals surface area contributed by atoms with Gasteiger partial charge in [-0.2, -0.15) is 5.10 Å². The molecule has 2 aromatic carbocycles. The minimum absolute atomic E-state index is 0.190. The Morgan fingerprint density at radius 1 is 1.11 bits per heavy atom. The van der Waals surface area contributed by atoms with Gasteiger partial charge in [-0.05, 0) is 42.0 Å². The minimum atomic E-state index is -0.265. The molecule has 0 aliphatic rings. The van der Waals surface area contributed by atoms with Crippen LogP contribution in [0.5, 0.6) is 5.75 Å². The number of ether oxygens (including phenoxy) is 1. The van der Waals surface area contributed by atoms with Gasteiger partial charge in [-0.25, -0.2) is 0 Å². The Labute approximate surface area is 157 Å². The lowest BCUT2D eigenvalue weighted by molar-refractivity contribution is -0.114. The molecule has 0 fully saturated rings. The van der Waals surface area contributed by atoms with Crippen molar-refractivity contribution in [3.63, 3.8) is 0 Å². The second kappa shape index (κ2) is 8.18. The lowest BCUT2D eigenvalue weighted by atomic mass is 10.1. The molecule has 7 nitrogen and oxygen atoms in total. The maximum absolute atomic E-state index is 12.6. The maximum atomic E-state index is 12.6. The number of nitrogens with one attached hydrogen (secondary N) is 2. The van der Waals surface area contributed by atoms with Gasteiger partial charge < -0.3 is 15.4 Å². The molecule has 2 N–H and O–H groups in total. The second-order valence-electron chi connectivity index (χ2n) is 5.95. The first-order chi connectivity index (χ1) is 13.0. The quantitative estimate of drug-likeness (QED) is 0.704. The van der Waals surface area contributed by atoms with Crippen molar-refractivity contribution in [3.8, 4) is 5.75 Å². The zero-order valence-electron chi connectivity index (χ0n) is 15.1. The summed E-state index contributed by atoms with van der Waals surface area (Å²) in [4.78, 5) is 23.8. The van der Waals surface area contributed by atoms with Crippen LogP contribution in [0.4, 0.5) is 11.4 Å². The summed E-state index contributed by atoms with van der Waals surface area (Å²) in [5, 5.41) is 9.67. The van der Waals surface area contributed by atoms with E-state index in [-0.39, 0.29) is 11.8 Å². The van der Waals surface area contributed by atoms with Crippen LogP contribution in [-0.2, 0) is 11.3 Å². The molecule has 0 radical (unpaired) electrons. The third-order valence-corrected chi connectivity index (χ3v) is 3.89. The fourth-order valence-electron chi connectivity index (χ4n) is 2.62. The number of hydrogen-bond donors (Lipinski definition) is 2. The van der Waals surface area contributed by atoms with Crippen molar-refractivity contribution in [2.24, 2.45) is 0 Å². The summed E-state index contributed by atoms with van der Waals surface area (Å²) in [6.45, 7) is 2.06. The van der Waals surface area contributed by atoms with Crippen molar-refractivity contribution < 1.29 is 14.3 Å². The molecule has 0 aliphatic carbocycles. The van der Waals surface area contributed by atoms with Crippen molar-refractivity contribution in [3.05, 3.63) is 72.1 Å². The molecular weight excluding hydrogens is 344 g/mol. The van der Waals surface area contributed by atoms with Crippen molar-refractivity contribution in [1.29, 1.82) is 0 Å². The lowest BCUT2D eigenvalue weighted by Crippen LogP contribution is -2.13. The number of amides is 2. The Balaban J connectivity index is 1.73. The Morgan fingerprint density at radius 3 is 2.52 bits per heavy atom. The van der Waals surface area contributed by atoms with Gasteiger partial charge in [-0.1, -0.05) is 12.1 Å². The smallest absolute Gasteiger partial charge is 0.255 e. The van der Waals surface area contributed by atoms with E-state index in [9.17, 15) is 9.59 Å². The van der Waals surface area contributed by atoms with E-state index >= 15 is 0 Å². The number of benzene rings is 2. The van der Waals surface area contributed by atoms with E-state index in [0.717, 1.165) is 5.56 Å². The van der Waals surface area contributed by atoms with Crippen LogP contribution in [0.2, 0.25) is 0 Å². The molecule has 3 aromatic rings. The first kappa shape index (κ1) is 18.2. The average molecular weight is 364 g/mol. The summed E-state index contributed by atoms with van der Waals surface area (Å²) >= 11 is 0. The highest BCUT2D eigenvalue weighted by molar-refractivity contribution is 6.05. The minimum Gasteiger partial charge on any atom is -0.495 e. The number of nitrogens with zero attached hydrogens (tertiary/aromatic N) is 2. The Bertz CT molecular complexity index is 934. The molecule has 2 amide bonds. The van der Waals surface area contributed by atoms with E-state index in [1.54, 1.807) is 36.5 Å². The molecule has 1 heterocycles. The van der Waals surface area contributed by atoms with Crippen LogP contribution in [0.1, 0.15) is 22.8 Å². The predicted octanol–water partition coefficient (Wildman–Crippen LogP) is 3.15. The fourth-order valence-corrected chi connectivity index (χ4v) is 2.62. The van der Waals surface area contributed by atoms with Crippen LogP contribution < -0.4 is 15.4 Å². The van der Waals surface area contributed by atoms with Gasteiger partial charge in [0.15, 0.2) is 0 Å².